The Balaban J connectivity index is 2.71. The molecule has 0 bridgehead atoms. The van der Waals surface area contributed by atoms with Gasteiger partial charge in [-0.25, -0.2) is 0 Å². The van der Waals surface area contributed by atoms with Gasteiger partial charge in [0.25, 0.3) is 11.8 Å². The largest absolute Gasteiger partial charge is 0.507 e. The fourth-order valence-electron chi connectivity index (χ4n) is 1.50. The predicted octanol–water partition coefficient (Wildman–Crippen LogP) is -1.77. The minimum Gasteiger partial charge on any atom is -0.507 e. The number of hydrogen-bond donors (Lipinski definition) is 5. The highest BCUT2D eigenvalue weighted by atomic mass is 16.3. The van der Waals surface area contributed by atoms with Gasteiger partial charge in [0, 0.05) is 0 Å². The summed E-state index contributed by atoms with van der Waals surface area (Å²) in [4.78, 5) is 23.6. The van der Waals surface area contributed by atoms with Crippen LogP contribution in [0.15, 0.2) is 24.8 Å². The van der Waals surface area contributed by atoms with Crippen molar-refractivity contribution in [3.63, 3.8) is 0 Å². The zero-order valence-corrected chi connectivity index (χ0v) is 11.5. The molecule has 1 rings (SSSR count). The maximum atomic E-state index is 11.5. The summed E-state index contributed by atoms with van der Waals surface area (Å²) in [5.74, 6) is -1.13. The van der Waals surface area contributed by atoms with E-state index in [2.05, 4.69) is 17.4 Å². The first kappa shape index (κ1) is 15.5. The molecule has 0 spiro atoms. The van der Waals surface area contributed by atoms with Gasteiger partial charge in [0.05, 0.1) is 25.4 Å². The Hall–Kier alpha value is -2.54. The first-order valence-corrected chi connectivity index (χ1v) is 5.97. The molecule has 0 radical (unpaired) electrons. The molecule has 0 aliphatic carbocycles. The van der Waals surface area contributed by atoms with E-state index in [-0.39, 0.29) is 17.2 Å². The van der Waals surface area contributed by atoms with Crippen LogP contribution in [0.2, 0.25) is 0 Å². The molecule has 20 heavy (non-hydrogen) atoms. The van der Waals surface area contributed by atoms with Crippen LogP contribution < -0.4 is 21.5 Å². The predicted molar refractivity (Wildman–Crippen MR) is 74.6 cm³/mol. The van der Waals surface area contributed by atoms with Crippen molar-refractivity contribution >= 4 is 17.5 Å². The number of likely N-dealkylation sites (N-methyl/N-ethyl adjacent to an activating group) is 1. The molecule has 0 aliphatic heterocycles. The number of quaternary nitrogens is 1. The van der Waals surface area contributed by atoms with Gasteiger partial charge in [-0.05, 0) is 23.8 Å². The van der Waals surface area contributed by atoms with Crippen LogP contribution in [-0.4, -0.2) is 37.6 Å². The summed E-state index contributed by atoms with van der Waals surface area (Å²) in [6, 6.07) is 4.30. The van der Waals surface area contributed by atoms with Crippen LogP contribution >= 0.6 is 0 Å². The Morgan fingerprint density at radius 1 is 1.35 bits per heavy atom. The third-order valence-electron chi connectivity index (χ3n) is 2.48. The van der Waals surface area contributed by atoms with Crippen LogP contribution in [0.25, 0.3) is 5.70 Å². The van der Waals surface area contributed by atoms with Gasteiger partial charge in [-0.2, -0.15) is 0 Å². The van der Waals surface area contributed by atoms with Gasteiger partial charge < -0.3 is 15.7 Å². The first-order valence-electron chi connectivity index (χ1n) is 5.97. The number of carbonyl (C=O) groups excluding carboxylic acids is 2. The van der Waals surface area contributed by atoms with Gasteiger partial charge in [0.1, 0.15) is 5.75 Å². The standard InChI is InChI=1S/C13H18N4O3/c1-8(15-16-12(19)7-17(2)3)9-4-5-11(18)10(6-9)13(14)20/h4-6,15,18H,1,7H2,2-3H3,(H2,14,20)(H,16,19)/p+1. The number of carbonyl (C=O) groups is 2. The molecular weight excluding hydrogens is 260 g/mol. The third kappa shape index (κ3) is 4.29. The number of hydrogen-bond acceptors (Lipinski definition) is 4. The average molecular weight is 279 g/mol. The molecule has 7 nitrogen and oxygen atoms in total. The Kier molecular flexibility index (Phi) is 5.10. The SMILES string of the molecule is C=C(NNC(=O)C[NH+](C)C)c1ccc(O)c(C(N)=O)c1. The second kappa shape index (κ2) is 6.58. The highest BCUT2D eigenvalue weighted by Crippen LogP contribution is 2.20. The Bertz CT molecular complexity index is 540. The molecule has 7 heteroatoms. The summed E-state index contributed by atoms with van der Waals surface area (Å²) in [5.41, 5.74) is 11.2. The summed E-state index contributed by atoms with van der Waals surface area (Å²) in [6.07, 6.45) is 0. The van der Waals surface area contributed by atoms with Crippen LogP contribution in [0.5, 0.6) is 5.75 Å². The van der Waals surface area contributed by atoms with E-state index in [1.54, 1.807) is 6.07 Å². The summed E-state index contributed by atoms with van der Waals surface area (Å²) in [7, 11) is 3.71. The number of aromatic hydroxyl groups is 1. The topological polar surface area (TPSA) is 109 Å². The smallest absolute Gasteiger partial charge is 0.293 e. The van der Waals surface area contributed by atoms with Gasteiger partial charge >= 0.3 is 0 Å². The molecule has 0 saturated carbocycles. The zero-order chi connectivity index (χ0) is 15.3. The summed E-state index contributed by atoms with van der Waals surface area (Å²) in [5, 5.41) is 9.48. The molecule has 0 aromatic heterocycles. The number of benzene rings is 1. The van der Waals surface area contributed by atoms with E-state index in [9.17, 15) is 14.7 Å². The van der Waals surface area contributed by atoms with E-state index in [4.69, 9.17) is 5.73 Å². The van der Waals surface area contributed by atoms with Crippen molar-refractivity contribution < 1.29 is 19.6 Å². The fourth-order valence-corrected chi connectivity index (χ4v) is 1.50. The number of phenols is 1. The van der Waals surface area contributed by atoms with Crippen LogP contribution in [0.4, 0.5) is 0 Å². The molecule has 1 aromatic rings. The van der Waals surface area contributed by atoms with Crippen molar-refractivity contribution in [3.8, 4) is 5.75 Å². The maximum absolute atomic E-state index is 11.5. The van der Waals surface area contributed by atoms with Crippen LogP contribution in [0.1, 0.15) is 15.9 Å². The number of rotatable bonds is 6. The minimum atomic E-state index is -0.739. The first-order chi connectivity index (χ1) is 9.31. The Morgan fingerprint density at radius 3 is 2.55 bits per heavy atom. The van der Waals surface area contributed by atoms with Crippen molar-refractivity contribution in [1.29, 1.82) is 0 Å². The third-order valence-corrected chi connectivity index (χ3v) is 2.48. The quantitative estimate of drug-likeness (QED) is 0.397. The van der Waals surface area contributed by atoms with Gasteiger partial charge in [-0.1, -0.05) is 6.58 Å². The molecule has 0 saturated heterocycles. The average Bonchev–Trinajstić information content (AvgIpc) is 2.35. The highest BCUT2D eigenvalue weighted by Gasteiger charge is 2.11. The molecule has 1 aromatic carbocycles. The van der Waals surface area contributed by atoms with Crippen molar-refractivity contribution in [1.82, 2.24) is 10.9 Å². The maximum Gasteiger partial charge on any atom is 0.293 e. The molecule has 108 valence electrons. The summed E-state index contributed by atoms with van der Waals surface area (Å²) in [6.45, 7) is 4.05. The monoisotopic (exact) mass is 279 g/mol. The van der Waals surface area contributed by atoms with Gasteiger partial charge in [-0.3, -0.25) is 20.4 Å². The highest BCUT2D eigenvalue weighted by molar-refractivity contribution is 5.96. The summed E-state index contributed by atoms with van der Waals surface area (Å²) < 4.78 is 0. The second-order valence-corrected chi connectivity index (χ2v) is 4.63. The normalized spacial score (nSPS) is 10.2. The molecule has 0 aliphatic rings. The van der Waals surface area contributed by atoms with Crippen LogP contribution in [-0.2, 0) is 4.79 Å². The molecule has 0 atom stereocenters. The fraction of sp³-hybridized carbons (Fsp3) is 0.231. The van der Waals surface area contributed by atoms with E-state index in [1.165, 1.54) is 12.1 Å². The summed E-state index contributed by atoms with van der Waals surface area (Å²) >= 11 is 0. The van der Waals surface area contributed by atoms with Gasteiger partial charge in [0.2, 0.25) is 0 Å². The van der Waals surface area contributed by atoms with Gasteiger partial charge in [0.15, 0.2) is 6.54 Å². The number of primary amides is 1. The number of nitrogens with one attached hydrogen (secondary N) is 3. The van der Waals surface area contributed by atoms with Crippen LogP contribution in [0, 0.1) is 0 Å². The Morgan fingerprint density at radius 2 is 2.00 bits per heavy atom. The van der Waals surface area contributed by atoms with E-state index in [0.717, 1.165) is 4.90 Å². The molecule has 0 heterocycles. The molecule has 0 fully saturated rings. The van der Waals surface area contributed by atoms with Crippen molar-refractivity contribution in [2.24, 2.45) is 5.73 Å². The van der Waals surface area contributed by atoms with Crippen LogP contribution in [0.3, 0.4) is 0 Å². The van der Waals surface area contributed by atoms with E-state index in [1.807, 2.05) is 14.1 Å². The number of amides is 2. The number of nitrogens with two attached hydrogens (primary N) is 1. The lowest BCUT2D eigenvalue weighted by Gasteiger charge is -2.13. The van der Waals surface area contributed by atoms with E-state index >= 15 is 0 Å². The lowest BCUT2D eigenvalue weighted by atomic mass is 10.1. The number of hydrazine groups is 1. The van der Waals surface area contributed by atoms with E-state index < -0.39 is 5.91 Å². The zero-order valence-electron chi connectivity index (χ0n) is 11.5. The Labute approximate surface area is 117 Å². The molecule has 6 N–H and O–H groups in total. The van der Waals surface area contributed by atoms with Crippen molar-refractivity contribution in [3.05, 3.63) is 35.9 Å². The lowest BCUT2D eigenvalue weighted by Crippen LogP contribution is -3.07. The lowest BCUT2D eigenvalue weighted by molar-refractivity contribution is -0.849. The second-order valence-electron chi connectivity index (χ2n) is 4.63. The molecule has 2 amide bonds. The molecule has 0 unspecified atom stereocenters. The van der Waals surface area contributed by atoms with Gasteiger partial charge in [-0.15, -0.1) is 0 Å². The minimum absolute atomic E-state index is 0.00508. The molecular formula is C13H19N4O3+. The van der Waals surface area contributed by atoms with Crippen molar-refractivity contribution in [2.75, 3.05) is 20.6 Å². The van der Waals surface area contributed by atoms with Crippen molar-refractivity contribution in [2.45, 2.75) is 0 Å². The van der Waals surface area contributed by atoms with E-state index in [0.29, 0.717) is 17.8 Å².